The largest absolute Gasteiger partial charge is 0.347 e. The van der Waals surface area contributed by atoms with Gasteiger partial charge >= 0.3 is 0 Å². The minimum absolute atomic E-state index is 0.107. The summed E-state index contributed by atoms with van der Waals surface area (Å²) in [6, 6.07) is 18.0. The summed E-state index contributed by atoms with van der Waals surface area (Å²) in [6.07, 6.45) is 4.57. The van der Waals surface area contributed by atoms with Gasteiger partial charge in [0.15, 0.2) is 0 Å². The predicted molar refractivity (Wildman–Crippen MR) is 182 cm³/mol. The number of pyridine rings is 1. The fraction of sp³-hybridized carbons (Fsp3) is 0.400. The van der Waals surface area contributed by atoms with E-state index in [1.165, 1.54) is 0 Å². The molecular weight excluding hydrogens is 608 g/mol. The van der Waals surface area contributed by atoms with E-state index in [-0.39, 0.29) is 29.7 Å². The molecule has 0 unspecified atom stereocenters. The first kappa shape index (κ1) is 32.9. The normalized spacial score (nSPS) is 19.8. The molecule has 1 saturated carbocycles. The number of hydrogen-bond acceptors (Lipinski definition) is 9. The van der Waals surface area contributed by atoms with E-state index in [0.717, 1.165) is 73.1 Å². The van der Waals surface area contributed by atoms with Crippen molar-refractivity contribution >= 4 is 23.4 Å². The molecule has 7 N–H and O–H groups in total. The quantitative estimate of drug-likeness (QED) is 0.142. The summed E-state index contributed by atoms with van der Waals surface area (Å²) in [7, 11) is 0. The van der Waals surface area contributed by atoms with Crippen LogP contribution in [-0.4, -0.2) is 75.0 Å². The Morgan fingerprint density at radius 3 is 2.33 bits per heavy atom. The Morgan fingerprint density at radius 1 is 0.938 bits per heavy atom. The van der Waals surface area contributed by atoms with E-state index >= 15 is 0 Å². The fourth-order valence-electron chi connectivity index (χ4n) is 6.46. The van der Waals surface area contributed by atoms with Gasteiger partial charge in [-0.3, -0.25) is 14.4 Å². The van der Waals surface area contributed by atoms with E-state index < -0.39 is 6.04 Å². The van der Waals surface area contributed by atoms with Crippen molar-refractivity contribution in [2.24, 2.45) is 17.6 Å². The van der Waals surface area contributed by atoms with Gasteiger partial charge in [0.2, 0.25) is 17.6 Å². The monoisotopic (exact) mass is 650 g/mol. The molecule has 13 nitrogen and oxygen atoms in total. The van der Waals surface area contributed by atoms with Crippen LogP contribution in [0.2, 0.25) is 0 Å². The number of nitrogens with two attached hydrogens (primary N) is 1. The van der Waals surface area contributed by atoms with E-state index in [0.29, 0.717) is 36.1 Å². The first-order chi connectivity index (χ1) is 23.4. The van der Waals surface area contributed by atoms with Crippen LogP contribution in [0.4, 0.5) is 5.69 Å². The van der Waals surface area contributed by atoms with E-state index in [4.69, 9.17) is 5.73 Å². The number of rotatable bonds is 11. The van der Waals surface area contributed by atoms with Crippen LogP contribution < -0.4 is 27.0 Å². The fourth-order valence-corrected chi connectivity index (χ4v) is 6.46. The highest BCUT2D eigenvalue weighted by Gasteiger charge is 2.29. The molecule has 250 valence electrons. The molecule has 0 radical (unpaired) electrons. The highest BCUT2D eigenvalue weighted by Crippen LogP contribution is 2.29. The maximum atomic E-state index is 13.6. The number of aryl methyl sites for hydroxylation is 1. The number of tetrazole rings is 1. The van der Waals surface area contributed by atoms with Crippen molar-refractivity contribution < 1.29 is 14.4 Å². The average molecular weight is 651 g/mol. The van der Waals surface area contributed by atoms with Gasteiger partial charge in [-0.1, -0.05) is 30.3 Å². The lowest BCUT2D eigenvalue weighted by Gasteiger charge is -2.28. The minimum Gasteiger partial charge on any atom is -0.347 e. The third kappa shape index (κ3) is 8.09. The number of hydrogen-bond donors (Lipinski definition) is 6. The van der Waals surface area contributed by atoms with Gasteiger partial charge in [0, 0.05) is 47.4 Å². The summed E-state index contributed by atoms with van der Waals surface area (Å²) >= 11 is 0. The van der Waals surface area contributed by atoms with Crippen LogP contribution in [0.15, 0.2) is 60.7 Å². The lowest BCUT2D eigenvalue weighted by Crippen LogP contribution is -2.48. The van der Waals surface area contributed by atoms with Gasteiger partial charge in [-0.15, -0.1) is 10.2 Å². The summed E-state index contributed by atoms with van der Waals surface area (Å²) in [4.78, 5) is 44.3. The Hall–Kier alpha value is -5.01. The van der Waals surface area contributed by atoms with Crippen molar-refractivity contribution in [2.45, 2.75) is 57.5 Å². The molecule has 0 bridgehead atoms. The molecule has 1 aliphatic heterocycles. The first-order valence-electron chi connectivity index (χ1n) is 16.6. The lowest BCUT2D eigenvalue weighted by molar-refractivity contribution is -0.130. The number of benzene rings is 2. The SMILES string of the molecule is Cc1nc(C(=O)N[C@@H]2CCNC2)ccc1-c1ccc(C[C@H](NC(=O)[C@H]2CC[C@H](CN)CC2)C(=O)Nc2ccc(-c3nn[nH]n3)cc2)cc1. The molecule has 2 aromatic carbocycles. The number of aromatic amines is 1. The Balaban J connectivity index is 1.14. The van der Waals surface area contributed by atoms with Gasteiger partial charge in [0.1, 0.15) is 11.7 Å². The molecular formula is C35H42N10O3. The molecule has 1 aliphatic carbocycles. The van der Waals surface area contributed by atoms with Crippen molar-refractivity contribution in [3.8, 4) is 22.5 Å². The molecule has 4 aromatic rings. The molecule has 3 amide bonds. The number of H-pyrrole nitrogens is 1. The van der Waals surface area contributed by atoms with Crippen molar-refractivity contribution in [3.63, 3.8) is 0 Å². The van der Waals surface area contributed by atoms with Gasteiger partial charge < -0.3 is 27.0 Å². The molecule has 13 heteroatoms. The molecule has 1 saturated heterocycles. The highest BCUT2D eigenvalue weighted by atomic mass is 16.2. The Morgan fingerprint density at radius 2 is 1.69 bits per heavy atom. The van der Waals surface area contributed by atoms with Gasteiger partial charge in [-0.25, -0.2) is 4.98 Å². The maximum absolute atomic E-state index is 13.6. The molecule has 0 spiro atoms. The van der Waals surface area contributed by atoms with Crippen LogP contribution in [0.5, 0.6) is 0 Å². The number of aromatic nitrogens is 5. The molecule has 2 fully saturated rings. The van der Waals surface area contributed by atoms with Crippen LogP contribution in [0.25, 0.3) is 22.5 Å². The zero-order valence-corrected chi connectivity index (χ0v) is 27.0. The molecule has 6 rings (SSSR count). The van der Waals surface area contributed by atoms with Gasteiger partial charge in [0.05, 0.1) is 0 Å². The summed E-state index contributed by atoms with van der Waals surface area (Å²) in [5, 5.41) is 26.3. The first-order valence-corrected chi connectivity index (χ1v) is 16.6. The summed E-state index contributed by atoms with van der Waals surface area (Å²) in [6.45, 7) is 4.20. The number of anilines is 1. The van der Waals surface area contributed by atoms with Crippen LogP contribution in [0.3, 0.4) is 0 Å². The van der Waals surface area contributed by atoms with E-state index in [2.05, 4.69) is 46.9 Å². The Bertz CT molecular complexity index is 1700. The standard InChI is InChI=1S/C35H42N10O3/c1-21-29(14-15-30(38-21)34(47)40-28-16-17-37-20-28)24-6-2-22(3-7-24)18-31(41-33(46)26-8-4-23(19-36)5-9-26)35(48)39-27-12-10-25(11-13-27)32-42-44-45-43-32/h2-3,6-7,10-15,23,26,28,31,37H,4-5,8-9,16-20,36H2,1H3,(H,39,48)(H,40,47)(H,41,46)(H,42,43,44,45)/t23-,26-,28-,31+/m1/s1. The minimum atomic E-state index is -0.788. The molecule has 3 heterocycles. The Kier molecular flexibility index (Phi) is 10.5. The number of nitrogens with zero attached hydrogens (tertiary/aromatic N) is 4. The third-order valence-corrected chi connectivity index (χ3v) is 9.36. The predicted octanol–water partition coefficient (Wildman–Crippen LogP) is 2.76. The van der Waals surface area contributed by atoms with Crippen molar-refractivity contribution in [3.05, 3.63) is 77.6 Å². The lowest BCUT2D eigenvalue weighted by atomic mass is 9.81. The van der Waals surface area contributed by atoms with Crippen molar-refractivity contribution in [2.75, 3.05) is 25.0 Å². The topological polar surface area (TPSA) is 193 Å². The molecule has 2 atom stereocenters. The number of carbonyl (C=O) groups excluding carboxylic acids is 3. The van der Waals surface area contributed by atoms with Crippen LogP contribution in [-0.2, 0) is 16.0 Å². The second kappa shape index (κ2) is 15.3. The number of amides is 3. The average Bonchev–Trinajstić information content (AvgIpc) is 3.84. The van der Waals surface area contributed by atoms with Crippen molar-refractivity contribution in [1.82, 2.24) is 41.6 Å². The van der Waals surface area contributed by atoms with Gasteiger partial charge in [-0.05, 0) is 105 Å². The van der Waals surface area contributed by atoms with E-state index in [9.17, 15) is 14.4 Å². The van der Waals surface area contributed by atoms with Crippen LogP contribution in [0.1, 0.15) is 53.8 Å². The van der Waals surface area contributed by atoms with Crippen molar-refractivity contribution in [1.29, 1.82) is 0 Å². The summed E-state index contributed by atoms with van der Waals surface area (Å²) in [5.41, 5.74) is 11.1. The molecule has 48 heavy (non-hydrogen) atoms. The number of carbonyl (C=O) groups is 3. The molecule has 2 aromatic heterocycles. The smallest absolute Gasteiger partial charge is 0.270 e. The van der Waals surface area contributed by atoms with E-state index in [1.54, 1.807) is 30.3 Å². The van der Waals surface area contributed by atoms with Gasteiger partial charge in [-0.2, -0.15) is 5.21 Å². The van der Waals surface area contributed by atoms with Crippen LogP contribution >= 0.6 is 0 Å². The number of nitrogens with one attached hydrogen (secondary N) is 5. The van der Waals surface area contributed by atoms with E-state index in [1.807, 2.05) is 37.3 Å². The molecule has 2 aliphatic rings. The maximum Gasteiger partial charge on any atom is 0.270 e. The summed E-state index contributed by atoms with van der Waals surface area (Å²) in [5.74, 6) is 0.173. The highest BCUT2D eigenvalue weighted by molar-refractivity contribution is 5.98. The third-order valence-electron chi connectivity index (χ3n) is 9.36. The second-order valence-electron chi connectivity index (χ2n) is 12.7. The summed E-state index contributed by atoms with van der Waals surface area (Å²) < 4.78 is 0. The zero-order valence-electron chi connectivity index (χ0n) is 27.0. The van der Waals surface area contributed by atoms with Crippen LogP contribution in [0, 0.1) is 18.8 Å². The zero-order chi connectivity index (χ0) is 33.5. The van der Waals surface area contributed by atoms with Gasteiger partial charge in [0.25, 0.3) is 5.91 Å². The second-order valence-corrected chi connectivity index (χ2v) is 12.7. The Labute approximate surface area is 279 Å².